The number of aromatic nitrogens is 3. The predicted octanol–water partition coefficient (Wildman–Crippen LogP) is 1.92. The maximum absolute atomic E-state index is 5.63. The van der Waals surface area contributed by atoms with Crippen LogP contribution in [0.2, 0.25) is 0 Å². The Morgan fingerprint density at radius 2 is 2.21 bits per heavy atom. The number of nitrogens with one attached hydrogen (secondary N) is 1. The van der Waals surface area contributed by atoms with Gasteiger partial charge in [-0.1, -0.05) is 20.8 Å². The number of aryl methyl sites for hydroxylation is 1. The molecule has 0 aliphatic rings. The van der Waals surface area contributed by atoms with Crippen molar-refractivity contribution in [2.24, 2.45) is 12.9 Å². The summed E-state index contributed by atoms with van der Waals surface area (Å²) < 4.78 is 1.78. The van der Waals surface area contributed by atoms with E-state index in [2.05, 4.69) is 41.7 Å². The molecule has 0 spiro atoms. The van der Waals surface area contributed by atoms with Gasteiger partial charge in [-0.2, -0.15) is 5.10 Å². The smallest absolute Gasteiger partial charge is 0.0948 e. The lowest BCUT2D eigenvalue weighted by atomic mass is 9.93. The second-order valence-corrected chi connectivity index (χ2v) is 6.66. The molecular formula is C13H21N5S. The molecule has 1 atom stereocenters. The molecule has 0 saturated heterocycles. The van der Waals surface area contributed by atoms with Crippen molar-refractivity contribution < 1.29 is 0 Å². The minimum absolute atomic E-state index is 0.000156. The Morgan fingerprint density at radius 1 is 1.47 bits per heavy atom. The zero-order valence-electron chi connectivity index (χ0n) is 11.8. The van der Waals surface area contributed by atoms with Gasteiger partial charge in [0.1, 0.15) is 0 Å². The van der Waals surface area contributed by atoms with Gasteiger partial charge < -0.3 is 0 Å². The van der Waals surface area contributed by atoms with Crippen LogP contribution in [0.25, 0.3) is 0 Å². The van der Waals surface area contributed by atoms with Gasteiger partial charge in [0.2, 0.25) is 0 Å². The SMILES string of the molecule is Cn1ccc(C(Cc2nc(C(C)(C)C)cs2)NN)n1. The van der Waals surface area contributed by atoms with E-state index in [1.165, 1.54) is 0 Å². The maximum atomic E-state index is 5.63. The Hall–Kier alpha value is -1.24. The van der Waals surface area contributed by atoms with Crippen LogP contribution in [0.15, 0.2) is 17.6 Å². The van der Waals surface area contributed by atoms with E-state index in [0.29, 0.717) is 0 Å². The van der Waals surface area contributed by atoms with Gasteiger partial charge in [-0.05, 0) is 6.07 Å². The summed E-state index contributed by atoms with van der Waals surface area (Å²) in [5, 5.41) is 7.59. The van der Waals surface area contributed by atoms with Gasteiger partial charge in [0.05, 0.1) is 22.4 Å². The first-order chi connectivity index (χ1) is 8.90. The summed E-state index contributed by atoms with van der Waals surface area (Å²) >= 11 is 1.68. The molecule has 0 radical (unpaired) electrons. The minimum atomic E-state index is 0.000156. The molecule has 5 nitrogen and oxygen atoms in total. The standard InChI is InChI=1S/C13H21N5S/c1-13(2,3)11-8-19-12(15-11)7-10(16-14)9-5-6-18(4)17-9/h5-6,8,10,16H,7,14H2,1-4H3. The van der Waals surface area contributed by atoms with E-state index in [1.807, 2.05) is 19.3 Å². The van der Waals surface area contributed by atoms with Crippen LogP contribution < -0.4 is 11.3 Å². The number of nitrogens with two attached hydrogens (primary N) is 1. The van der Waals surface area contributed by atoms with Crippen molar-refractivity contribution in [3.8, 4) is 0 Å². The lowest BCUT2D eigenvalue weighted by Crippen LogP contribution is -2.30. The van der Waals surface area contributed by atoms with Crippen LogP contribution >= 0.6 is 11.3 Å². The summed E-state index contributed by atoms with van der Waals surface area (Å²) in [6, 6.07) is 1.98. The largest absolute Gasteiger partial charge is 0.275 e. The van der Waals surface area contributed by atoms with Gasteiger partial charge in [0.15, 0.2) is 0 Å². The monoisotopic (exact) mass is 279 g/mol. The highest BCUT2D eigenvalue weighted by Gasteiger charge is 2.20. The Kier molecular flexibility index (Phi) is 4.03. The first-order valence-electron chi connectivity index (χ1n) is 6.30. The van der Waals surface area contributed by atoms with Crippen LogP contribution in [0, 0.1) is 0 Å². The minimum Gasteiger partial charge on any atom is -0.275 e. The molecule has 0 aliphatic heterocycles. The van der Waals surface area contributed by atoms with E-state index in [9.17, 15) is 0 Å². The molecule has 0 amide bonds. The van der Waals surface area contributed by atoms with Crippen molar-refractivity contribution in [2.45, 2.75) is 38.6 Å². The Labute approximate surface area is 117 Å². The summed E-state index contributed by atoms with van der Waals surface area (Å²) in [4.78, 5) is 4.69. The fraction of sp³-hybridized carbons (Fsp3) is 0.538. The fourth-order valence-corrected chi connectivity index (χ4v) is 2.86. The highest BCUT2D eigenvalue weighted by Crippen LogP contribution is 2.26. The highest BCUT2D eigenvalue weighted by atomic mass is 32.1. The molecule has 0 bridgehead atoms. The number of nitrogens with zero attached hydrogens (tertiary/aromatic N) is 3. The van der Waals surface area contributed by atoms with Gasteiger partial charge in [-0.25, -0.2) is 4.98 Å². The average Bonchev–Trinajstić information content (AvgIpc) is 2.94. The van der Waals surface area contributed by atoms with Crippen molar-refractivity contribution in [1.29, 1.82) is 0 Å². The molecule has 2 aromatic rings. The summed E-state index contributed by atoms with van der Waals surface area (Å²) in [6.45, 7) is 6.51. The fourth-order valence-electron chi connectivity index (χ4n) is 1.79. The third-order valence-electron chi connectivity index (χ3n) is 2.99. The van der Waals surface area contributed by atoms with E-state index in [4.69, 9.17) is 5.84 Å². The molecular weight excluding hydrogens is 258 g/mol. The van der Waals surface area contributed by atoms with Crippen molar-refractivity contribution in [3.63, 3.8) is 0 Å². The number of hydrogen-bond acceptors (Lipinski definition) is 5. The van der Waals surface area contributed by atoms with E-state index in [1.54, 1.807) is 16.0 Å². The van der Waals surface area contributed by atoms with Gasteiger partial charge in [0.25, 0.3) is 0 Å². The Balaban J connectivity index is 2.13. The molecule has 0 aromatic carbocycles. The molecule has 0 fully saturated rings. The van der Waals surface area contributed by atoms with Crippen molar-refractivity contribution >= 4 is 11.3 Å². The topological polar surface area (TPSA) is 68.8 Å². The third-order valence-corrected chi connectivity index (χ3v) is 3.86. The maximum Gasteiger partial charge on any atom is 0.0948 e. The summed E-state index contributed by atoms with van der Waals surface area (Å²) in [7, 11) is 1.90. The molecule has 0 aliphatic carbocycles. The van der Waals surface area contributed by atoms with E-state index in [0.717, 1.165) is 22.8 Å². The van der Waals surface area contributed by atoms with E-state index < -0.39 is 0 Å². The quantitative estimate of drug-likeness (QED) is 0.663. The Morgan fingerprint density at radius 3 is 2.68 bits per heavy atom. The van der Waals surface area contributed by atoms with Gasteiger partial charge in [-0.3, -0.25) is 16.0 Å². The zero-order valence-corrected chi connectivity index (χ0v) is 12.7. The Bertz CT molecular complexity index is 537. The van der Waals surface area contributed by atoms with E-state index >= 15 is 0 Å². The number of thiazole rings is 1. The van der Waals surface area contributed by atoms with Crippen LogP contribution in [0.5, 0.6) is 0 Å². The van der Waals surface area contributed by atoms with Crippen molar-refractivity contribution in [3.05, 3.63) is 34.0 Å². The van der Waals surface area contributed by atoms with Crippen LogP contribution in [0.3, 0.4) is 0 Å². The molecule has 19 heavy (non-hydrogen) atoms. The molecule has 2 aromatic heterocycles. The summed E-state index contributed by atoms with van der Waals surface area (Å²) in [5.41, 5.74) is 4.98. The first-order valence-corrected chi connectivity index (χ1v) is 7.18. The second kappa shape index (κ2) is 5.40. The summed E-state index contributed by atoms with van der Waals surface area (Å²) in [5.74, 6) is 5.63. The summed E-state index contributed by atoms with van der Waals surface area (Å²) in [6.07, 6.45) is 2.68. The third kappa shape index (κ3) is 3.40. The van der Waals surface area contributed by atoms with E-state index in [-0.39, 0.29) is 11.5 Å². The lowest BCUT2D eigenvalue weighted by Gasteiger charge is -2.15. The first kappa shape index (κ1) is 14.2. The molecule has 3 N–H and O–H groups in total. The highest BCUT2D eigenvalue weighted by molar-refractivity contribution is 7.09. The van der Waals surface area contributed by atoms with Crippen molar-refractivity contribution in [1.82, 2.24) is 20.2 Å². The normalized spacial score (nSPS) is 13.7. The van der Waals surface area contributed by atoms with Gasteiger partial charge in [0, 0.05) is 30.5 Å². The molecule has 2 heterocycles. The van der Waals surface area contributed by atoms with Gasteiger partial charge in [-0.15, -0.1) is 11.3 Å². The number of rotatable bonds is 4. The molecule has 104 valence electrons. The molecule has 6 heteroatoms. The lowest BCUT2D eigenvalue weighted by molar-refractivity contribution is 0.523. The molecule has 1 unspecified atom stereocenters. The van der Waals surface area contributed by atoms with Crippen LogP contribution in [0.1, 0.15) is 43.2 Å². The van der Waals surface area contributed by atoms with Crippen LogP contribution in [0.4, 0.5) is 0 Å². The predicted molar refractivity (Wildman–Crippen MR) is 77.8 cm³/mol. The number of hydrogen-bond donors (Lipinski definition) is 2. The zero-order chi connectivity index (χ0) is 14.0. The second-order valence-electron chi connectivity index (χ2n) is 5.71. The van der Waals surface area contributed by atoms with Crippen molar-refractivity contribution in [2.75, 3.05) is 0 Å². The number of hydrazine groups is 1. The molecule has 0 saturated carbocycles. The van der Waals surface area contributed by atoms with Crippen LogP contribution in [-0.4, -0.2) is 14.8 Å². The van der Waals surface area contributed by atoms with Crippen LogP contribution in [-0.2, 0) is 18.9 Å². The van der Waals surface area contributed by atoms with Gasteiger partial charge >= 0.3 is 0 Å². The molecule has 2 rings (SSSR count). The average molecular weight is 279 g/mol.